The van der Waals surface area contributed by atoms with E-state index in [9.17, 15) is 9.59 Å². The summed E-state index contributed by atoms with van der Waals surface area (Å²) in [6.07, 6.45) is 1.44. The average Bonchev–Trinajstić information content (AvgIpc) is 2.34. The first-order chi connectivity index (χ1) is 8.11. The number of rotatable bonds is 2. The molecule has 0 aliphatic rings. The molecule has 0 radical (unpaired) electrons. The molecule has 17 heavy (non-hydrogen) atoms. The van der Waals surface area contributed by atoms with E-state index in [4.69, 9.17) is 11.6 Å². The van der Waals surface area contributed by atoms with Gasteiger partial charge in [0.2, 0.25) is 5.91 Å². The number of anilines is 1. The van der Waals surface area contributed by atoms with Gasteiger partial charge in [-0.15, -0.1) is 11.6 Å². The van der Waals surface area contributed by atoms with Crippen molar-refractivity contribution in [1.29, 1.82) is 0 Å². The number of aryl methyl sites for hydroxylation is 1. The van der Waals surface area contributed by atoms with Crippen LogP contribution in [-0.2, 0) is 11.8 Å². The number of carbonyl (C=O) groups excluding carboxylic acids is 1. The highest BCUT2D eigenvalue weighted by molar-refractivity contribution is 6.29. The molecule has 6 heteroatoms. The fourth-order valence-corrected chi connectivity index (χ4v) is 1.55. The zero-order chi connectivity index (χ0) is 12.4. The number of hydrogen-bond acceptors (Lipinski definition) is 3. The number of benzene rings is 1. The van der Waals surface area contributed by atoms with Crippen LogP contribution in [0.15, 0.2) is 29.3 Å². The molecule has 0 spiro atoms. The lowest BCUT2D eigenvalue weighted by Crippen LogP contribution is -2.17. The molecular weight excluding hydrogens is 242 g/mol. The summed E-state index contributed by atoms with van der Waals surface area (Å²) in [5.74, 6) is -0.406. The fourth-order valence-electron chi connectivity index (χ4n) is 1.48. The molecule has 0 atom stereocenters. The summed E-state index contributed by atoms with van der Waals surface area (Å²) in [7, 11) is 1.64. The van der Waals surface area contributed by atoms with E-state index in [1.807, 2.05) is 0 Å². The van der Waals surface area contributed by atoms with Crippen molar-refractivity contribution in [2.24, 2.45) is 7.05 Å². The number of alkyl halides is 1. The van der Waals surface area contributed by atoms with E-state index in [0.717, 1.165) is 0 Å². The molecular formula is C11H10ClN3O2. The van der Waals surface area contributed by atoms with Crippen molar-refractivity contribution in [3.8, 4) is 0 Å². The number of amides is 1. The van der Waals surface area contributed by atoms with Crippen LogP contribution in [0.3, 0.4) is 0 Å². The van der Waals surface area contributed by atoms with Crippen LogP contribution in [0.25, 0.3) is 10.9 Å². The SMILES string of the molecule is Cn1cnc2cc(NC(=O)CCl)ccc2c1=O. The molecule has 0 bridgehead atoms. The monoisotopic (exact) mass is 251 g/mol. The van der Waals surface area contributed by atoms with E-state index in [0.29, 0.717) is 16.6 Å². The van der Waals surface area contributed by atoms with Crippen LogP contribution in [0.5, 0.6) is 0 Å². The predicted molar refractivity (Wildman–Crippen MR) is 66.3 cm³/mol. The van der Waals surface area contributed by atoms with Gasteiger partial charge in [0.05, 0.1) is 17.2 Å². The van der Waals surface area contributed by atoms with Crippen LogP contribution < -0.4 is 10.9 Å². The summed E-state index contributed by atoms with van der Waals surface area (Å²) in [4.78, 5) is 27.0. The lowest BCUT2D eigenvalue weighted by Gasteiger charge is -2.05. The summed E-state index contributed by atoms with van der Waals surface area (Å²) in [5, 5.41) is 3.11. The second-order valence-corrected chi connectivity index (χ2v) is 3.84. The summed E-state index contributed by atoms with van der Waals surface area (Å²) in [6, 6.07) is 4.92. The van der Waals surface area contributed by atoms with Crippen LogP contribution in [0.1, 0.15) is 0 Å². The lowest BCUT2D eigenvalue weighted by atomic mass is 10.2. The Bertz CT molecular complexity index is 636. The predicted octanol–water partition coefficient (Wildman–Crippen LogP) is 1.11. The highest BCUT2D eigenvalue weighted by Crippen LogP contribution is 2.14. The average molecular weight is 252 g/mol. The molecule has 88 valence electrons. The normalized spacial score (nSPS) is 10.5. The zero-order valence-electron chi connectivity index (χ0n) is 9.11. The van der Waals surface area contributed by atoms with Crippen molar-refractivity contribution in [3.63, 3.8) is 0 Å². The quantitative estimate of drug-likeness (QED) is 0.814. The first-order valence-electron chi connectivity index (χ1n) is 4.93. The second-order valence-electron chi connectivity index (χ2n) is 3.57. The van der Waals surface area contributed by atoms with Crippen LogP contribution >= 0.6 is 11.6 Å². The van der Waals surface area contributed by atoms with E-state index in [-0.39, 0.29) is 17.3 Å². The van der Waals surface area contributed by atoms with E-state index in [1.54, 1.807) is 25.2 Å². The minimum absolute atomic E-state index is 0.109. The van der Waals surface area contributed by atoms with Gasteiger partial charge in [0.25, 0.3) is 5.56 Å². The van der Waals surface area contributed by atoms with Gasteiger partial charge in [-0.3, -0.25) is 9.59 Å². The van der Waals surface area contributed by atoms with Crippen molar-refractivity contribution in [2.45, 2.75) is 0 Å². The molecule has 1 amide bonds. The summed E-state index contributed by atoms with van der Waals surface area (Å²) >= 11 is 5.39. The molecule has 1 aromatic heterocycles. The van der Waals surface area contributed by atoms with E-state index >= 15 is 0 Å². The van der Waals surface area contributed by atoms with Crippen molar-refractivity contribution in [2.75, 3.05) is 11.2 Å². The maximum Gasteiger partial charge on any atom is 0.260 e. The minimum Gasteiger partial charge on any atom is -0.325 e. The van der Waals surface area contributed by atoms with Gasteiger partial charge in [-0.25, -0.2) is 4.98 Å². The number of aromatic nitrogens is 2. The largest absolute Gasteiger partial charge is 0.325 e. The Morgan fingerprint density at radius 1 is 1.53 bits per heavy atom. The zero-order valence-corrected chi connectivity index (χ0v) is 9.86. The van der Waals surface area contributed by atoms with Gasteiger partial charge < -0.3 is 9.88 Å². The van der Waals surface area contributed by atoms with Gasteiger partial charge >= 0.3 is 0 Å². The van der Waals surface area contributed by atoms with Gasteiger partial charge in [0.15, 0.2) is 0 Å². The van der Waals surface area contributed by atoms with Gasteiger partial charge in [-0.1, -0.05) is 0 Å². The molecule has 0 saturated heterocycles. The standard InChI is InChI=1S/C11H10ClN3O2/c1-15-6-13-9-4-7(14-10(16)5-12)2-3-8(9)11(15)17/h2-4,6H,5H2,1H3,(H,14,16). The Hall–Kier alpha value is -1.88. The number of carbonyl (C=O) groups is 1. The first-order valence-corrected chi connectivity index (χ1v) is 5.46. The number of hydrogen-bond donors (Lipinski definition) is 1. The smallest absolute Gasteiger partial charge is 0.260 e. The molecule has 0 unspecified atom stereocenters. The van der Waals surface area contributed by atoms with Crippen LogP contribution in [0.2, 0.25) is 0 Å². The molecule has 0 fully saturated rings. The van der Waals surface area contributed by atoms with E-state index in [1.165, 1.54) is 10.9 Å². The minimum atomic E-state index is -0.296. The van der Waals surface area contributed by atoms with Crippen molar-refractivity contribution in [3.05, 3.63) is 34.9 Å². The van der Waals surface area contributed by atoms with Gasteiger partial charge in [-0.2, -0.15) is 0 Å². The molecule has 2 aromatic rings. The molecule has 0 aliphatic heterocycles. The Morgan fingerprint density at radius 2 is 2.29 bits per heavy atom. The number of nitrogens with one attached hydrogen (secondary N) is 1. The first kappa shape index (κ1) is 11.6. The molecule has 0 saturated carbocycles. The third-order valence-corrected chi connectivity index (χ3v) is 2.57. The Kier molecular flexibility index (Phi) is 3.10. The Labute approximate surface area is 102 Å². The Balaban J connectivity index is 2.49. The lowest BCUT2D eigenvalue weighted by molar-refractivity contribution is -0.113. The summed E-state index contributed by atoms with van der Waals surface area (Å²) in [5.41, 5.74) is 0.995. The van der Waals surface area contributed by atoms with Gasteiger partial charge in [0, 0.05) is 12.7 Å². The maximum absolute atomic E-state index is 11.7. The summed E-state index contributed by atoms with van der Waals surface area (Å²) in [6.45, 7) is 0. The van der Waals surface area contributed by atoms with Crippen LogP contribution in [-0.4, -0.2) is 21.3 Å². The topological polar surface area (TPSA) is 64.0 Å². The van der Waals surface area contributed by atoms with Crippen molar-refractivity contribution >= 4 is 34.1 Å². The molecule has 5 nitrogen and oxygen atoms in total. The highest BCUT2D eigenvalue weighted by atomic mass is 35.5. The molecule has 1 heterocycles. The third-order valence-electron chi connectivity index (χ3n) is 2.32. The van der Waals surface area contributed by atoms with Gasteiger partial charge in [-0.05, 0) is 18.2 Å². The van der Waals surface area contributed by atoms with Crippen LogP contribution in [0.4, 0.5) is 5.69 Å². The fraction of sp³-hybridized carbons (Fsp3) is 0.182. The highest BCUT2D eigenvalue weighted by Gasteiger charge is 2.04. The second kappa shape index (κ2) is 4.55. The molecule has 0 aliphatic carbocycles. The summed E-state index contributed by atoms with van der Waals surface area (Å²) < 4.78 is 1.40. The maximum atomic E-state index is 11.7. The van der Waals surface area contributed by atoms with Gasteiger partial charge in [0.1, 0.15) is 5.88 Å². The number of fused-ring (bicyclic) bond motifs is 1. The van der Waals surface area contributed by atoms with Crippen molar-refractivity contribution < 1.29 is 4.79 Å². The Morgan fingerprint density at radius 3 is 3.00 bits per heavy atom. The van der Waals surface area contributed by atoms with E-state index < -0.39 is 0 Å². The third kappa shape index (κ3) is 2.29. The molecule has 2 rings (SSSR count). The number of nitrogens with zero attached hydrogens (tertiary/aromatic N) is 2. The van der Waals surface area contributed by atoms with E-state index in [2.05, 4.69) is 10.3 Å². The number of halogens is 1. The van der Waals surface area contributed by atoms with Crippen molar-refractivity contribution in [1.82, 2.24) is 9.55 Å². The van der Waals surface area contributed by atoms with Crippen LogP contribution in [0, 0.1) is 0 Å². The molecule has 1 N–H and O–H groups in total. The molecule has 1 aromatic carbocycles.